The Kier molecular flexibility index (Phi) is 2.86. The van der Waals surface area contributed by atoms with Crippen molar-refractivity contribution in [3.8, 4) is 0 Å². The molecule has 1 heterocycles. The highest BCUT2D eigenvalue weighted by Gasteiger charge is 2.11. The molecule has 0 fully saturated rings. The fourth-order valence-electron chi connectivity index (χ4n) is 0.818. The number of hydrogen-bond donors (Lipinski definition) is 0. The van der Waals surface area contributed by atoms with Gasteiger partial charge in [0, 0.05) is 12.7 Å². The minimum atomic E-state index is -0.414. The number of nitrogens with zero attached hydrogens (tertiary/aromatic N) is 2. The van der Waals surface area contributed by atoms with E-state index < -0.39 is 5.97 Å². The van der Waals surface area contributed by atoms with Gasteiger partial charge in [0.05, 0.1) is 7.11 Å². The van der Waals surface area contributed by atoms with Gasteiger partial charge >= 0.3 is 5.97 Å². The van der Waals surface area contributed by atoms with Gasteiger partial charge in [-0.05, 0) is 22.9 Å². The van der Waals surface area contributed by atoms with E-state index in [0.29, 0.717) is 10.4 Å². The number of hydrogen-bond acceptors (Lipinski definition) is 3. The monoisotopic (exact) mass is 232 g/mol. The van der Waals surface area contributed by atoms with E-state index in [1.54, 1.807) is 6.20 Å². The van der Waals surface area contributed by atoms with Crippen molar-refractivity contribution in [1.29, 1.82) is 0 Å². The molecule has 0 atom stereocenters. The fourth-order valence-corrected chi connectivity index (χ4v) is 1.36. The lowest BCUT2D eigenvalue weighted by Crippen LogP contribution is -2.01. The highest BCUT2D eigenvalue weighted by molar-refractivity contribution is 9.10. The van der Waals surface area contributed by atoms with E-state index in [-0.39, 0.29) is 0 Å². The lowest BCUT2D eigenvalue weighted by atomic mass is 10.5. The van der Waals surface area contributed by atoms with Crippen molar-refractivity contribution < 1.29 is 9.53 Å². The van der Waals surface area contributed by atoms with E-state index in [1.165, 1.54) is 7.11 Å². The van der Waals surface area contributed by atoms with E-state index in [9.17, 15) is 4.79 Å². The molecule has 4 nitrogen and oxygen atoms in total. The Balaban J connectivity index is 2.96. The lowest BCUT2D eigenvalue weighted by Gasteiger charge is -1.94. The SMILES string of the molecule is CCn1cc(C(=O)OC)nc1Br. The summed E-state index contributed by atoms with van der Waals surface area (Å²) >= 11 is 3.22. The third kappa shape index (κ3) is 1.66. The largest absolute Gasteiger partial charge is 0.464 e. The van der Waals surface area contributed by atoms with Crippen LogP contribution in [0.2, 0.25) is 0 Å². The number of halogens is 1. The summed E-state index contributed by atoms with van der Waals surface area (Å²) < 4.78 is 6.97. The van der Waals surface area contributed by atoms with Crippen molar-refractivity contribution in [2.45, 2.75) is 13.5 Å². The van der Waals surface area contributed by atoms with Crippen LogP contribution in [-0.4, -0.2) is 22.6 Å². The maximum absolute atomic E-state index is 11.0. The summed E-state index contributed by atoms with van der Waals surface area (Å²) in [7, 11) is 1.33. The zero-order valence-electron chi connectivity index (χ0n) is 6.87. The zero-order valence-corrected chi connectivity index (χ0v) is 8.46. The van der Waals surface area contributed by atoms with Crippen LogP contribution in [0.3, 0.4) is 0 Å². The summed E-state index contributed by atoms with van der Waals surface area (Å²) in [6.07, 6.45) is 1.65. The molecule has 0 saturated heterocycles. The molecular weight excluding hydrogens is 224 g/mol. The summed E-state index contributed by atoms with van der Waals surface area (Å²) in [5, 5.41) is 0. The molecule has 0 N–H and O–H groups in total. The summed E-state index contributed by atoms with van der Waals surface area (Å²) in [5.41, 5.74) is 0.325. The van der Waals surface area contributed by atoms with Gasteiger partial charge in [0.25, 0.3) is 0 Å². The first-order chi connectivity index (χ1) is 5.69. The van der Waals surface area contributed by atoms with Crippen LogP contribution in [0, 0.1) is 0 Å². The average Bonchev–Trinajstić information content (AvgIpc) is 2.45. The molecule has 0 bridgehead atoms. The Labute approximate surface area is 78.7 Å². The molecule has 0 unspecified atom stereocenters. The quantitative estimate of drug-likeness (QED) is 0.726. The molecule has 1 aromatic heterocycles. The van der Waals surface area contributed by atoms with Gasteiger partial charge in [0.1, 0.15) is 0 Å². The summed E-state index contributed by atoms with van der Waals surface area (Å²) in [6.45, 7) is 2.73. The van der Waals surface area contributed by atoms with Gasteiger partial charge in [0.15, 0.2) is 10.4 Å². The molecule has 0 aliphatic carbocycles. The molecular formula is C7H9BrN2O2. The number of imidazole rings is 1. The Morgan fingerprint density at radius 1 is 1.83 bits per heavy atom. The van der Waals surface area contributed by atoms with Crippen LogP contribution in [0.1, 0.15) is 17.4 Å². The van der Waals surface area contributed by atoms with Gasteiger partial charge in [0.2, 0.25) is 0 Å². The normalized spacial score (nSPS) is 9.92. The molecule has 0 aliphatic rings. The number of esters is 1. The first-order valence-corrected chi connectivity index (χ1v) is 4.29. The van der Waals surface area contributed by atoms with Gasteiger partial charge in [-0.15, -0.1) is 0 Å². The van der Waals surface area contributed by atoms with Crippen LogP contribution in [0.15, 0.2) is 10.9 Å². The molecule has 1 rings (SSSR count). The first-order valence-electron chi connectivity index (χ1n) is 3.50. The van der Waals surface area contributed by atoms with E-state index in [0.717, 1.165) is 6.54 Å². The number of ether oxygens (including phenoxy) is 1. The zero-order chi connectivity index (χ0) is 9.14. The second kappa shape index (κ2) is 3.71. The molecule has 0 saturated carbocycles. The fraction of sp³-hybridized carbons (Fsp3) is 0.429. The number of methoxy groups -OCH3 is 1. The predicted octanol–water partition coefficient (Wildman–Crippen LogP) is 1.45. The minimum absolute atomic E-state index is 0.325. The topological polar surface area (TPSA) is 44.1 Å². The molecule has 12 heavy (non-hydrogen) atoms. The van der Waals surface area contributed by atoms with Crippen LogP contribution >= 0.6 is 15.9 Å². The van der Waals surface area contributed by atoms with Gasteiger partial charge in [-0.2, -0.15) is 0 Å². The smallest absolute Gasteiger partial charge is 0.358 e. The maximum atomic E-state index is 11.0. The summed E-state index contributed by atoms with van der Waals surface area (Å²) in [5.74, 6) is -0.414. The molecule has 1 aromatic rings. The second-order valence-electron chi connectivity index (χ2n) is 2.17. The van der Waals surface area contributed by atoms with E-state index in [4.69, 9.17) is 0 Å². The third-order valence-corrected chi connectivity index (χ3v) is 2.10. The molecule has 66 valence electrons. The lowest BCUT2D eigenvalue weighted by molar-refractivity contribution is 0.0594. The third-order valence-electron chi connectivity index (χ3n) is 1.46. The number of aryl methyl sites for hydroxylation is 1. The predicted molar refractivity (Wildman–Crippen MR) is 46.9 cm³/mol. The molecule has 0 radical (unpaired) electrons. The van der Waals surface area contributed by atoms with E-state index in [1.807, 2.05) is 11.5 Å². The second-order valence-corrected chi connectivity index (χ2v) is 2.88. The van der Waals surface area contributed by atoms with Crippen LogP contribution in [0.25, 0.3) is 0 Å². The standard InChI is InChI=1S/C7H9BrN2O2/c1-3-10-4-5(6(11)12-2)9-7(10)8/h4H,3H2,1-2H3. The van der Waals surface area contributed by atoms with E-state index in [2.05, 4.69) is 25.7 Å². The van der Waals surface area contributed by atoms with Gasteiger partial charge in [-0.1, -0.05) is 0 Å². The Bertz CT molecular complexity index is 296. The van der Waals surface area contributed by atoms with Crippen molar-refractivity contribution in [3.63, 3.8) is 0 Å². The van der Waals surface area contributed by atoms with Crippen molar-refractivity contribution in [3.05, 3.63) is 16.6 Å². The average molecular weight is 233 g/mol. The van der Waals surface area contributed by atoms with Gasteiger partial charge < -0.3 is 9.30 Å². The van der Waals surface area contributed by atoms with Crippen molar-refractivity contribution in [2.75, 3.05) is 7.11 Å². The van der Waals surface area contributed by atoms with Gasteiger partial charge in [-0.25, -0.2) is 9.78 Å². The number of carbonyl (C=O) groups excluding carboxylic acids is 1. The van der Waals surface area contributed by atoms with Crippen molar-refractivity contribution in [1.82, 2.24) is 9.55 Å². The molecule has 0 amide bonds. The Hall–Kier alpha value is -0.840. The van der Waals surface area contributed by atoms with E-state index >= 15 is 0 Å². The molecule has 0 aromatic carbocycles. The number of aromatic nitrogens is 2. The van der Waals surface area contributed by atoms with Crippen LogP contribution < -0.4 is 0 Å². The maximum Gasteiger partial charge on any atom is 0.358 e. The van der Waals surface area contributed by atoms with Gasteiger partial charge in [-0.3, -0.25) is 0 Å². The highest BCUT2D eigenvalue weighted by Crippen LogP contribution is 2.10. The van der Waals surface area contributed by atoms with Crippen molar-refractivity contribution in [2.24, 2.45) is 0 Å². The Morgan fingerprint density at radius 2 is 2.50 bits per heavy atom. The van der Waals surface area contributed by atoms with Crippen LogP contribution in [0.4, 0.5) is 0 Å². The van der Waals surface area contributed by atoms with Crippen LogP contribution in [-0.2, 0) is 11.3 Å². The molecule has 0 aliphatic heterocycles. The number of carbonyl (C=O) groups is 1. The minimum Gasteiger partial charge on any atom is -0.464 e. The first kappa shape index (κ1) is 9.25. The molecule has 5 heteroatoms. The molecule has 0 spiro atoms. The van der Waals surface area contributed by atoms with Crippen molar-refractivity contribution >= 4 is 21.9 Å². The summed E-state index contributed by atoms with van der Waals surface area (Å²) in [4.78, 5) is 14.9. The summed E-state index contributed by atoms with van der Waals surface area (Å²) in [6, 6.07) is 0. The Morgan fingerprint density at radius 3 is 2.92 bits per heavy atom. The number of rotatable bonds is 2. The highest BCUT2D eigenvalue weighted by atomic mass is 79.9. The van der Waals surface area contributed by atoms with Crippen LogP contribution in [0.5, 0.6) is 0 Å².